The summed E-state index contributed by atoms with van der Waals surface area (Å²) in [4.78, 5) is 14.2. The molecule has 4 rings (SSSR count). The average molecular weight is 368 g/mol. The molecule has 1 amide bonds. The number of amides is 1. The number of benzene rings is 2. The third-order valence-electron chi connectivity index (χ3n) is 4.79. The standard InChI is InChI=1S/C20H18F2N4O/c1-13-19(23-24-26(13)17-7-5-16(22)6-8-17)14-3-4-15-12-25(10-2-9-21)20(27)18(15)11-14/h3-8,11H,2,9-10,12H2,1H3. The fourth-order valence-electron chi connectivity index (χ4n) is 3.36. The van der Waals surface area contributed by atoms with E-state index in [1.807, 2.05) is 25.1 Å². The van der Waals surface area contributed by atoms with E-state index in [0.29, 0.717) is 36.5 Å². The van der Waals surface area contributed by atoms with Crippen molar-refractivity contribution in [3.63, 3.8) is 0 Å². The van der Waals surface area contributed by atoms with E-state index in [1.165, 1.54) is 12.1 Å². The second-order valence-electron chi connectivity index (χ2n) is 6.55. The fraction of sp³-hybridized carbons (Fsp3) is 0.250. The van der Waals surface area contributed by atoms with Gasteiger partial charge in [0, 0.05) is 24.2 Å². The van der Waals surface area contributed by atoms with Gasteiger partial charge in [0.2, 0.25) is 0 Å². The minimum atomic E-state index is -0.433. The van der Waals surface area contributed by atoms with Gasteiger partial charge in [-0.2, -0.15) is 0 Å². The lowest BCUT2D eigenvalue weighted by Gasteiger charge is -2.13. The van der Waals surface area contributed by atoms with Crippen molar-refractivity contribution in [1.29, 1.82) is 0 Å². The molecule has 0 aliphatic carbocycles. The highest BCUT2D eigenvalue weighted by Crippen LogP contribution is 2.29. The molecule has 3 aromatic rings. The Labute approximate surface area is 155 Å². The first-order valence-corrected chi connectivity index (χ1v) is 8.75. The molecule has 0 radical (unpaired) electrons. The molecule has 1 aliphatic rings. The summed E-state index contributed by atoms with van der Waals surface area (Å²) >= 11 is 0. The van der Waals surface area contributed by atoms with Crippen LogP contribution >= 0.6 is 0 Å². The van der Waals surface area contributed by atoms with Crippen molar-refractivity contribution in [2.24, 2.45) is 0 Å². The first-order valence-electron chi connectivity index (χ1n) is 8.75. The lowest BCUT2D eigenvalue weighted by atomic mass is 10.0. The third kappa shape index (κ3) is 3.09. The van der Waals surface area contributed by atoms with Crippen LogP contribution in [0.25, 0.3) is 16.9 Å². The number of carbonyl (C=O) groups excluding carboxylic acids is 1. The van der Waals surface area contributed by atoms with Gasteiger partial charge in [-0.05, 0) is 49.2 Å². The van der Waals surface area contributed by atoms with Crippen LogP contribution in [0.3, 0.4) is 0 Å². The molecule has 0 bridgehead atoms. The van der Waals surface area contributed by atoms with Crippen LogP contribution in [0.4, 0.5) is 8.78 Å². The number of rotatable bonds is 5. The van der Waals surface area contributed by atoms with E-state index in [9.17, 15) is 13.6 Å². The molecule has 2 heterocycles. The molecular weight excluding hydrogens is 350 g/mol. The lowest BCUT2D eigenvalue weighted by molar-refractivity contribution is 0.0774. The summed E-state index contributed by atoms with van der Waals surface area (Å²) in [5, 5.41) is 8.42. The first kappa shape index (κ1) is 17.3. The van der Waals surface area contributed by atoms with Gasteiger partial charge in [0.25, 0.3) is 5.91 Å². The van der Waals surface area contributed by atoms with E-state index in [1.54, 1.807) is 21.7 Å². The zero-order chi connectivity index (χ0) is 19.0. The van der Waals surface area contributed by atoms with Gasteiger partial charge in [-0.15, -0.1) is 5.10 Å². The van der Waals surface area contributed by atoms with Gasteiger partial charge in [-0.1, -0.05) is 17.3 Å². The maximum atomic E-state index is 13.1. The second-order valence-corrected chi connectivity index (χ2v) is 6.55. The number of aromatic nitrogens is 3. The van der Waals surface area contributed by atoms with Crippen LogP contribution < -0.4 is 0 Å². The highest BCUT2D eigenvalue weighted by molar-refractivity contribution is 5.99. The van der Waals surface area contributed by atoms with Crippen LogP contribution in [0.15, 0.2) is 42.5 Å². The summed E-state index contributed by atoms with van der Waals surface area (Å²) in [6.07, 6.45) is 0.345. The summed E-state index contributed by atoms with van der Waals surface area (Å²) in [7, 11) is 0. The molecule has 0 saturated carbocycles. The summed E-state index contributed by atoms with van der Waals surface area (Å²) in [6.45, 7) is 2.37. The Morgan fingerprint density at radius 1 is 1.15 bits per heavy atom. The number of nitrogens with zero attached hydrogens (tertiary/aromatic N) is 4. The maximum Gasteiger partial charge on any atom is 0.254 e. The Hall–Kier alpha value is -3.09. The molecule has 0 saturated heterocycles. The zero-order valence-corrected chi connectivity index (χ0v) is 14.8. The molecule has 0 unspecified atom stereocenters. The van der Waals surface area contributed by atoms with Gasteiger partial charge in [-0.3, -0.25) is 9.18 Å². The number of carbonyl (C=O) groups is 1. The summed E-state index contributed by atoms with van der Waals surface area (Å²) in [5.74, 6) is -0.393. The van der Waals surface area contributed by atoms with Crippen LogP contribution in [0.5, 0.6) is 0 Å². The van der Waals surface area contributed by atoms with Crippen molar-refractivity contribution < 1.29 is 13.6 Å². The predicted octanol–water partition coefficient (Wildman–Crippen LogP) is 3.70. The van der Waals surface area contributed by atoms with Crippen molar-refractivity contribution >= 4 is 5.91 Å². The van der Waals surface area contributed by atoms with Crippen molar-refractivity contribution in [2.75, 3.05) is 13.2 Å². The number of hydrogen-bond acceptors (Lipinski definition) is 3. The minimum absolute atomic E-state index is 0.0797. The van der Waals surface area contributed by atoms with E-state index in [-0.39, 0.29) is 11.7 Å². The fourth-order valence-corrected chi connectivity index (χ4v) is 3.36. The van der Waals surface area contributed by atoms with Crippen molar-refractivity contribution in [1.82, 2.24) is 19.9 Å². The zero-order valence-electron chi connectivity index (χ0n) is 14.8. The highest BCUT2D eigenvalue weighted by atomic mass is 19.1. The van der Waals surface area contributed by atoms with Gasteiger partial charge >= 0.3 is 0 Å². The number of halogens is 2. The Kier molecular flexibility index (Phi) is 4.43. The molecular formula is C20H18F2N4O. The molecule has 138 valence electrons. The molecule has 27 heavy (non-hydrogen) atoms. The average Bonchev–Trinajstić information content (AvgIpc) is 3.21. The predicted molar refractivity (Wildman–Crippen MR) is 96.8 cm³/mol. The quantitative estimate of drug-likeness (QED) is 0.690. The molecule has 0 spiro atoms. The van der Waals surface area contributed by atoms with Crippen LogP contribution in [-0.2, 0) is 6.54 Å². The molecule has 0 N–H and O–H groups in total. The summed E-state index contributed by atoms with van der Waals surface area (Å²) in [5.41, 5.74) is 4.52. The largest absolute Gasteiger partial charge is 0.334 e. The van der Waals surface area contributed by atoms with Gasteiger partial charge in [0.05, 0.1) is 18.1 Å². The second kappa shape index (κ2) is 6.90. The third-order valence-corrected chi connectivity index (χ3v) is 4.79. The van der Waals surface area contributed by atoms with Crippen molar-refractivity contribution in [2.45, 2.75) is 19.9 Å². The number of hydrogen-bond donors (Lipinski definition) is 0. The van der Waals surface area contributed by atoms with Gasteiger partial charge in [0.1, 0.15) is 11.5 Å². The summed E-state index contributed by atoms with van der Waals surface area (Å²) < 4.78 is 27.2. The van der Waals surface area contributed by atoms with Gasteiger partial charge in [0.15, 0.2) is 0 Å². The lowest BCUT2D eigenvalue weighted by Crippen LogP contribution is -2.25. The molecule has 0 atom stereocenters. The normalized spacial score (nSPS) is 13.3. The molecule has 7 heteroatoms. The number of fused-ring (bicyclic) bond motifs is 1. The smallest absolute Gasteiger partial charge is 0.254 e. The molecule has 1 aliphatic heterocycles. The molecule has 2 aromatic carbocycles. The van der Waals surface area contributed by atoms with Crippen LogP contribution in [0.1, 0.15) is 28.0 Å². The van der Waals surface area contributed by atoms with E-state index < -0.39 is 6.67 Å². The van der Waals surface area contributed by atoms with Crippen LogP contribution in [-0.4, -0.2) is 39.0 Å². The maximum absolute atomic E-state index is 13.1. The van der Waals surface area contributed by atoms with Crippen LogP contribution in [0, 0.1) is 12.7 Å². The van der Waals surface area contributed by atoms with E-state index in [4.69, 9.17) is 0 Å². The minimum Gasteiger partial charge on any atom is -0.334 e. The van der Waals surface area contributed by atoms with Crippen molar-refractivity contribution in [3.8, 4) is 16.9 Å². The van der Waals surface area contributed by atoms with E-state index in [2.05, 4.69) is 10.3 Å². The van der Waals surface area contributed by atoms with Crippen LogP contribution in [0.2, 0.25) is 0 Å². The van der Waals surface area contributed by atoms with Gasteiger partial charge < -0.3 is 4.90 Å². The Bertz CT molecular complexity index is 998. The SMILES string of the molecule is Cc1c(-c2ccc3c(c2)C(=O)N(CCCF)C3)nnn1-c1ccc(F)cc1. The molecule has 1 aromatic heterocycles. The topological polar surface area (TPSA) is 51.0 Å². The highest BCUT2D eigenvalue weighted by Gasteiger charge is 2.27. The Morgan fingerprint density at radius 3 is 2.67 bits per heavy atom. The first-order chi connectivity index (χ1) is 13.1. The van der Waals surface area contributed by atoms with Crippen molar-refractivity contribution in [3.05, 3.63) is 65.1 Å². The number of alkyl halides is 1. The molecule has 0 fully saturated rings. The van der Waals surface area contributed by atoms with E-state index >= 15 is 0 Å². The monoisotopic (exact) mass is 368 g/mol. The Morgan fingerprint density at radius 2 is 1.93 bits per heavy atom. The van der Waals surface area contributed by atoms with E-state index in [0.717, 1.165) is 16.8 Å². The van der Waals surface area contributed by atoms with Gasteiger partial charge in [-0.25, -0.2) is 9.07 Å². The molecule has 5 nitrogen and oxygen atoms in total. The summed E-state index contributed by atoms with van der Waals surface area (Å²) in [6, 6.07) is 11.7. The Balaban J connectivity index is 1.66.